The molecule has 0 fully saturated rings. The van der Waals surface area contributed by atoms with Crippen molar-refractivity contribution in [2.45, 2.75) is 5.41 Å². The van der Waals surface area contributed by atoms with Crippen LogP contribution in [0.4, 0.5) is 17.1 Å². The van der Waals surface area contributed by atoms with Crippen LogP contribution in [0, 0.1) is 0 Å². The molecule has 0 saturated carbocycles. The summed E-state index contributed by atoms with van der Waals surface area (Å²) in [5.74, 6) is 1.74. The van der Waals surface area contributed by atoms with Crippen molar-refractivity contribution in [1.82, 2.24) is 0 Å². The van der Waals surface area contributed by atoms with E-state index >= 15 is 0 Å². The quantitative estimate of drug-likeness (QED) is 0.112. The first-order valence-electron chi connectivity index (χ1n) is 22.1. The van der Waals surface area contributed by atoms with Crippen LogP contribution >= 0.6 is 0 Å². The molecule has 2 aliphatic rings. The highest BCUT2D eigenvalue weighted by molar-refractivity contribution is 6.99. The summed E-state index contributed by atoms with van der Waals surface area (Å²) in [7, 11) is 0. The van der Waals surface area contributed by atoms with Gasteiger partial charge in [0, 0.05) is 17.1 Å². The van der Waals surface area contributed by atoms with Gasteiger partial charge >= 0.3 is 0 Å². The van der Waals surface area contributed by atoms with Crippen molar-refractivity contribution in [2.75, 3.05) is 4.90 Å². The van der Waals surface area contributed by atoms with Gasteiger partial charge < -0.3 is 9.64 Å². The fourth-order valence-electron chi connectivity index (χ4n) is 10.4. The number of hydrogen-bond donors (Lipinski definition) is 0. The van der Waals surface area contributed by atoms with E-state index in [0.717, 1.165) is 45.1 Å². The third kappa shape index (κ3) is 6.20. The van der Waals surface area contributed by atoms with Crippen LogP contribution in [0.2, 0.25) is 0 Å². The van der Waals surface area contributed by atoms with Crippen molar-refractivity contribution < 1.29 is 4.74 Å². The number of ether oxygens (including phenoxy) is 1. The maximum atomic E-state index is 7.32. The molecule has 0 radical (unpaired) electrons. The maximum absolute atomic E-state index is 7.32. The lowest BCUT2D eigenvalue weighted by atomic mass is 9.34. The Labute approximate surface area is 375 Å². The molecule has 0 saturated heterocycles. The van der Waals surface area contributed by atoms with Gasteiger partial charge in [-0.15, -0.1) is 0 Å². The van der Waals surface area contributed by atoms with Gasteiger partial charge in [0.15, 0.2) is 0 Å². The average molecular weight is 816 g/mol. The van der Waals surface area contributed by atoms with Crippen LogP contribution < -0.4 is 26.0 Å². The summed E-state index contributed by atoms with van der Waals surface area (Å²) in [6, 6.07) is 92.7. The number of hydrogen-bond acceptors (Lipinski definition) is 2. The molecule has 3 heteroatoms. The lowest BCUT2D eigenvalue weighted by Crippen LogP contribution is -2.59. The summed E-state index contributed by atoms with van der Waals surface area (Å²) in [5.41, 5.74) is 18.0. The van der Waals surface area contributed by atoms with E-state index in [1.807, 2.05) is 0 Å². The monoisotopic (exact) mass is 815 g/mol. The topological polar surface area (TPSA) is 12.5 Å². The van der Waals surface area contributed by atoms with E-state index in [-0.39, 0.29) is 6.71 Å². The Bertz CT molecular complexity index is 3170. The third-order valence-corrected chi connectivity index (χ3v) is 13.3. The average Bonchev–Trinajstić information content (AvgIpc) is 3.38. The maximum Gasteiger partial charge on any atom is 0.256 e. The van der Waals surface area contributed by atoms with Gasteiger partial charge in [-0.3, -0.25) is 0 Å². The van der Waals surface area contributed by atoms with Crippen molar-refractivity contribution >= 4 is 40.2 Å². The minimum Gasteiger partial charge on any atom is -0.458 e. The molecular weight excluding hydrogens is 773 g/mol. The molecule has 12 rings (SSSR count). The van der Waals surface area contributed by atoms with Gasteiger partial charge in [0.05, 0.1) is 5.41 Å². The van der Waals surface area contributed by atoms with Crippen LogP contribution in [0.3, 0.4) is 0 Å². The summed E-state index contributed by atoms with van der Waals surface area (Å²) >= 11 is 0. The number of rotatable bonds is 8. The molecule has 2 heterocycles. The highest BCUT2D eigenvalue weighted by Crippen LogP contribution is 2.50. The van der Waals surface area contributed by atoms with Gasteiger partial charge in [-0.1, -0.05) is 218 Å². The normalized spacial score (nSPS) is 12.4. The van der Waals surface area contributed by atoms with E-state index in [2.05, 4.69) is 260 Å². The molecular formula is C61H42BNO. The Balaban J connectivity index is 1.17. The minimum atomic E-state index is -0.689. The first-order chi connectivity index (χ1) is 31.7. The summed E-state index contributed by atoms with van der Waals surface area (Å²) in [6.07, 6.45) is 0. The lowest BCUT2D eigenvalue weighted by Gasteiger charge is -2.43. The predicted octanol–water partition coefficient (Wildman–Crippen LogP) is 13.5. The molecule has 0 aromatic heterocycles. The van der Waals surface area contributed by atoms with Gasteiger partial charge in [-0.2, -0.15) is 0 Å². The van der Waals surface area contributed by atoms with Gasteiger partial charge in [-0.25, -0.2) is 0 Å². The minimum absolute atomic E-state index is 0.107. The SMILES string of the molecule is c1ccc(-c2ccc(N3c4ccc(-c5ccccc5)cc4B4c5cc(-c6ccccc6)ccc5Oc5cc(C(c6ccccc6)(c6ccccc6)c6ccccc6)cc3c54)cc2)cc1. The summed E-state index contributed by atoms with van der Waals surface area (Å²) in [4.78, 5) is 2.48. The summed E-state index contributed by atoms with van der Waals surface area (Å²) < 4.78 is 7.32. The van der Waals surface area contributed by atoms with Crippen LogP contribution in [0.25, 0.3) is 33.4 Å². The second-order valence-electron chi connectivity index (χ2n) is 16.8. The highest BCUT2D eigenvalue weighted by Gasteiger charge is 2.46. The number of anilines is 3. The number of nitrogens with zero attached hydrogens (tertiary/aromatic N) is 1. The Morgan fingerprint density at radius 2 is 0.734 bits per heavy atom. The second kappa shape index (κ2) is 15.6. The summed E-state index contributed by atoms with van der Waals surface area (Å²) in [5, 5.41) is 0. The van der Waals surface area contributed by atoms with Gasteiger partial charge in [0.1, 0.15) is 11.5 Å². The Morgan fingerprint density at radius 1 is 0.312 bits per heavy atom. The molecule has 10 aromatic carbocycles. The molecule has 0 aliphatic carbocycles. The third-order valence-electron chi connectivity index (χ3n) is 13.3. The molecule has 10 aromatic rings. The molecule has 0 unspecified atom stereocenters. The van der Waals surface area contributed by atoms with Crippen molar-refractivity contribution in [1.29, 1.82) is 0 Å². The number of fused-ring (bicyclic) bond motifs is 4. The standard InChI is InChI=1S/C61H42BNO/c1-7-19-43(20-8-1)46-31-35-53(36-32-46)63-56-37-33-47(44-21-9-2-10-22-44)39-54(56)62-55-40-48(45-23-11-3-12-24-45)34-38-58(55)64-59-42-52(41-57(63)60(59)62)61(49-25-13-4-14-26-49,50-27-15-5-16-28-50)51-29-17-6-18-30-51/h1-42H. The van der Waals surface area contributed by atoms with Gasteiger partial charge in [0.25, 0.3) is 6.71 Å². The van der Waals surface area contributed by atoms with E-state index in [4.69, 9.17) is 4.74 Å². The molecule has 0 amide bonds. The van der Waals surface area contributed by atoms with Crippen LogP contribution in [0.1, 0.15) is 22.3 Å². The molecule has 0 atom stereocenters. The second-order valence-corrected chi connectivity index (χ2v) is 16.8. The highest BCUT2D eigenvalue weighted by atomic mass is 16.5. The van der Waals surface area contributed by atoms with E-state index < -0.39 is 5.41 Å². The smallest absolute Gasteiger partial charge is 0.256 e. The van der Waals surface area contributed by atoms with Crippen LogP contribution in [0.15, 0.2) is 255 Å². The van der Waals surface area contributed by atoms with E-state index in [9.17, 15) is 0 Å². The van der Waals surface area contributed by atoms with Gasteiger partial charge in [-0.05, 0) is 108 Å². The molecule has 64 heavy (non-hydrogen) atoms. The van der Waals surface area contributed by atoms with Crippen molar-refractivity contribution in [3.05, 3.63) is 277 Å². The van der Waals surface area contributed by atoms with Crippen LogP contribution in [0.5, 0.6) is 11.5 Å². The lowest BCUT2D eigenvalue weighted by molar-refractivity contribution is 0.486. The predicted molar refractivity (Wildman–Crippen MR) is 267 cm³/mol. The summed E-state index contributed by atoms with van der Waals surface area (Å²) in [6.45, 7) is -0.107. The Hall–Kier alpha value is -8.14. The first-order valence-corrected chi connectivity index (χ1v) is 22.1. The fourth-order valence-corrected chi connectivity index (χ4v) is 10.4. The molecule has 300 valence electrons. The van der Waals surface area contributed by atoms with Crippen LogP contribution in [-0.2, 0) is 5.41 Å². The molecule has 0 N–H and O–H groups in total. The van der Waals surface area contributed by atoms with E-state index in [0.29, 0.717) is 0 Å². The molecule has 2 nitrogen and oxygen atoms in total. The first kappa shape index (κ1) is 37.6. The fraction of sp³-hybridized carbons (Fsp3) is 0.0164. The Kier molecular flexibility index (Phi) is 9.20. The molecule has 0 spiro atoms. The van der Waals surface area contributed by atoms with E-state index in [1.165, 1.54) is 55.5 Å². The van der Waals surface area contributed by atoms with Crippen LogP contribution in [-0.4, -0.2) is 6.71 Å². The van der Waals surface area contributed by atoms with Crippen molar-refractivity contribution in [2.24, 2.45) is 0 Å². The zero-order valence-corrected chi connectivity index (χ0v) is 35.2. The van der Waals surface area contributed by atoms with Crippen molar-refractivity contribution in [3.8, 4) is 44.9 Å². The zero-order valence-electron chi connectivity index (χ0n) is 35.2. The zero-order chi connectivity index (χ0) is 42.5. The molecule has 0 bridgehead atoms. The van der Waals surface area contributed by atoms with Gasteiger partial charge in [0.2, 0.25) is 0 Å². The van der Waals surface area contributed by atoms with Crippen molar-refractivity contribution in [3.63, 3.8) is 0 Å². The Morgan fingerprint density at radius 3 is 1.25 bits per heavy atom. The van der Waals surface area contributed by atoms with E-state index in [1.54, 1.807) is 0 Å². The molecule has 2 aliphatic heterocycles. The largest absolute Gasteiger partial charge is 0.458 e. The number of benzene rings is 10.